The highest BCUT2D eigenvalue weighted by Gasteiger charge is 2.20. The SMILES string of the molecule is O=C(CCCCO)N1CCN(Cc2ccccn2)CC1. The lowest BCUT2D eigenvalue weighted by Crippen LogP contribution is -2.48. The molecule has 1 N–H and O–H groups in total. The Morgan fingerprint density at radius 3 is 2.65 bits per heavy atom. The summed E-state index contributed by atoms with van der Waals surface area (Å²) in [6.07, 6.45) is 3.87. The van der Waals surface area contributed by atoms with Gasteiger partial charge in [0, 0.05) is 51.9 Å². The molecule has 0 saturated carbocycles. The number of piperazine rings is 1. The maximum Gasteiger partial charge on any atom is 0.222 e. The van der Waals surface area contributed by atoms with Crippen molar-refractivity contribution in [3.8, 4) is 0 Å². The van der Waals surface area contributed by atoms with E-state index in [0.29, 0.717) is 12.8 Å². The molecule has 1 aromatic rings. The van der Waals surface area contributed by atoms with E-state index in [1.54, 1.807) is 0 Å². The summed E-state index contributed by atoms with van der Waals surface area (Å²) in [5.74, 6) is 0.218. The van der Waals surface area contributed by atoms with Crippen LogP contribution in [0.15, 0.2) is 24.4 Å². The van der Waals surface area contributed by atoms with Crippen molar-refractivity contribution in [2.24, 2.45) is 0 Å². The Morgan fingerprint density at radius 1 is 1.20 bits per heavy atom. The highest BCUT2D eigenvalue weighted by atomic mass is 16.3. The predicted molar refractivity (Wildman–Crippen MR) is 77.0 cm³/mol. The molecular formula is C15H23N3O2. The van der Waals surface area contributed by atoms with Crippen molar-refractivity contribution in [3.63, 3.8) is 0 Å². The number of rotatable bonds is 6. The second kappa shape index (κ2) is 7.97. The van der Waals surface area contributed by atoms with Crippen LogP contribution in [-0.2, 0) is 11.3 Å². The smallest absolute Gasteiger partial charge is 0.222 e. The van der Waals surface area contributed by atoms with Gasteiger partial charge in [-0.1, -0.05) is 6.07 Å². The molecule has 2 heterocycles. The molecule has 0 atom stereocenters. The van der Waals surface area contributed by atoms with Crippen LogP contribution in [-0.4, -0.2) is 58.6 Å². The number of unbranched alkanes of at least 4 members (excludes halogenated alkanes) is 1. The van der Waals surface area contributed by atoms with Gasteiger partial charge in [-0.05, 0) is 25.0 Å². The number of aromatic nitrogens is 1. The molecule has 1 amide bonds. The van der Waals surface area contributed by atoms with Gasteiger partial charge in [-0.25, -0.2) is 0 Å². The summed E-state index contributed by atoms with van der Waals surface area (Å²) in [6.45, 7) is 4.43. The fourth-order valence-corrected chi connectivity index (χ4v) is 2.42. The zero-order chi connectivity index (χ0) is 14.2. The predicted octanol–water partition coefficient (Wildman–Crippen LogP) is 0.888. The Balaban J connectivity index is 1.71. The average Bonchev–Trinajstić information content (AvgIpc) is 2.49. The fraction of sp³-hybridized carbons (Fsp3) is 0.600. The third kappa shape index (κ3) is 4.58. The molecule has 1 aromatic heterocycles. The van der Waals surface area contributed by atoms with Crippen LogP contribution in [0.2, 0.25) is 0 Å². The van der Waals surface area contributed by atoms with Crippen LogP contribution in [0.1, 0.15) is 25.0 Å². The zero-order valence-corrected chi connectivity index (χ0v) is 11.9. The van der Waals surface area contributed by atoms with E-state index in [0.717, 1.165) is 44.8 Å². The van der Waals surface area contributed by atoms with Gasteiger partial charge in [-0.15, -0.1) is 0 Å². The molecule has 0 spiro atoms. The van der Waals surface area contributed by atoms with Gasteiger partial charge >= 0.3 is 0 Å². The molecule has 1 fully saturated rings. The molecular weight excluding hydrogens is 254 g/mol. The Kier molecular flexibility index (Phi) is 5.95. The molecule has 20 heavy (non-hydrogen) atoms. The van der Waals surface area contributed by atoms with Crippen molar-refractivity contribution in [2.75, 3.05) is 32.8 Å². The Hall–Kier alpha value is -1.46. The largest absolute Gasteiger partial charge is 0.396 e. The van der Waals surface area contributed by atoms with Crippen molar-refractivity contribution >= 4 is 5.91 Å². The first-order valence-electron chi connectivity index (χ1n) is 7.30. The van der Waals surface area contributed by atoms with Crippen LogP contribution in [0.3, 0.4) is 0 Å². The van der Waals surface area contributed by atoms with E-state index >= 15 is 0 Å². The van der Waals surface area contributed by atoms with E-state index in [1.807, 2.05) is 29.3 Å². The lowest BCUT2D eigenvalue weighted by molar-refractivity contribution is -0.133. The standard InChI is InChI=1S/C15H23N3O2/c19-12-4-2-6-15(20)18-10-8-17(9-11-18)13-14-5-1-3-7-16-14/h1,3,5,7,19H,2,4,6,8-13H2. The molecule has 0 unspecified atom stereocenters. The van der Waals surface area contributed by atoms with Gasteiger partial charge in [0.1, 0.15) is 0 Å². The monoisotopic (exact) mass is 277 g/mol. The number of carbonyl (C=O) groups excluding carboxylic acids is 1. The van der Waals surface area contributed by atoms with Gasteiger partial charge in [-0.2, -0.15) is 0 Å². The number of hydrogen-bond acceptors (Lipinski definition) is 4. The van der Waals surface area contributed by atoms with E-state index in [4.69, 9.17) is 5.11 Å². The van der Waals surface area contributed by atoms with Crippen LogP contribution >= 0.6 is 0 Å². The minimum Gasteiger partial charge on any atom is -0.396 e. The second-order valence-electron chi connectivity index (χ2n) is 5.16. The third-order valence-corrected chi connectivity index (χ3v) is 3.64. The van der Waals surface area contributed by atoms with Crippen molar-refractivity contribution in [2.45, 2.75) is 25.8 Å². The van der Waals surface area contributed by atoms with Crippen LogP contribution in [0, 0.1) is 0 Å². The number of carbonyl (C=O) groups is 1. The van der Waals surface area contributed by atoms with Gasteiger partial charge in [0.25, 0.3) is 0 Å². The van der Waals surface area contributed by atoms with E-state index in [9.17, 15) is 4.79 Å². The van der Waals surface area contributed by atoms with Gasteiger partial charge in [0.2, 0.25) is 5.91 Å². The molecule has 0 aliphatic carbocycles. The first kappa shape index (κ1) is 14.9. The number of pyridine rings is 1. The summed E-state index contributed by atoms with van der Waals surface area (Å²) in [4.78, 5) is 20.6. The normalized spacial score (nSPS) is 16.4. The van der Waals surface area contributed by atoms with Crippen molar-refractivity contribution < 1.29 is 9.90 Å². The van der Waals surface area contributed by atoms with Crippen molar-refractivity contribution in [1.29, 1.82) is 0 Å². The minimum absolute atomic E-state index is 0.172. The maximum absolute atomic E-state index is 12.0. The third-order valence-electron chi connectivity index (χ3n) is 3.64. The molecule has 0 radical (unpaired) electrons. The van der Waals surface area contributed by atoms with E-state index in [1.165, 1.54) is 0 Å². The quantitative estimate of drug-likeness (QED) is 0.785. The number of aliphatic hydroxyl groups is 1. The summed E-state index contributed by atoms with van der Waals surface area (Å²) in [5.41, 5.74) is 1.08. The topological polar surface area (TPSA) is 56.7 Å². The van der Waals surface area contributed by atoms with Gasteiger partial charge in [0.05, 0.1) is 5.69 Å². The lowest BCUT2D eigenvalue weighted by atomic mass is 10.2. The molecule has 110 valence electrons. The van der Waals surface area contributed by atoms with Crippen LogP contribution in [0.25, 0.3) is 0 Å². The first-order chi connectivity index (χ1) is 9.79. The van der Waals surface area contributed by atoms with Crippen LogP contribution < -0.4 is 0 Å². The van der Waals surface area contributed by atoms with Crippen molar-refractivity contribution in [1.82, 2.24) is 14.8 Å². The van der Waals surface area contributed by atoms with E-state index in [2.05, 4.69) is 9.88 Å². The summed E-state index contributed by atoms with van der Waals surface area (Å²) >= 11 is 0. The minimum atomic E-state index is 0.172. The molecule has 0 bridgehead atoms. The van der Waals surface area contributed by atoms with Crippen LogP contribution in [0.5, 0.6) is 0 Å². The van der Waals surface area contributed by atoms with Crippen molar-refractivity contribution in [3.05, 3.63) is 30.1 Å². The highest BCUT2D eigenvalue weighted by molar-refractivity contribution is 5.76. The van der Waals surface area contributed by atoms with Gasteiger partial charge < -0.3 is 10.0 Å². The van der Waals surface area contributed by atoms with Crippen LogP contribution in [0.4, 0.5) is 0 Å². The summed E-state index contributed by atoms with van der Waals surface area (Å²) in [7, 11) is 0. The summed E-state index contributed by atoms with van der Waals surface area (Å²) in [6, 6.07) is 5.96. The molecule has 1 aliphatic heterocycles. The van der Waals surface area contributed by atoms with Gasteiger partial charge in [-0.3, -0.25) is 14.7 Å². The number of amides is 1. The Bertz CT molecular complexity index is 403. The number of hydrogen-bond donors (Lipinski definition) is 1. The Labute approximate surface area is 120 Å². The zero-order valence-electron chi connectivity index (χ0n) is 11.9. The first-order valence-corrected chi connectivity index (χ1v) is 7.30. The maximum atomic E-state index is 12.0. The molecule has 0 aromatic carbocycles. The molecule has 1 saturated heterocycles. The number of aliphatic hydroxyl groups excluding tert-OH is 1. The van der Waals surface area contributed by atoms with E-state index < -0.39 is 0 Å². The highest BCUT2D eigenvalue weighted by Crippen LogP contribution is 2.09. The summed E-state index contributed by atoms with van der Waals surface area (Å²) in [5, 5.41) is 8.73. The molecule has 5 nitrogen and oxygen atoms in total. The molecule has 5 heteroatoms. The average molecular weight is 277 g/mol. The van der Waals surface area contributed by atoms with E-state index in [-0.39, 0.29) is 12.5 Å². The summed E-state index contributed by atoms with van der Waals surface area (Å²) < 4.78 is 0. The molecule has 1 aliphatic rings. The van der Waals surface area contributed by atoms with Gasteiger partial charge in [0.15, 0.2) is 0 Å². The molecule has 2 rings (SSSR count). The lowest BCUT2D eigenvalue weighted by Gasteiger charge is -2.34. The fourth-order valence-electron chi connectivity index (χ4n) is 2.42. The second-order valence-corrected chi connectivity index (χ2v) is 5.16. The Morgan fingerprint density at radius 2 is 2.00 bits per heavy atom. The number of nitrogens with zero attached hydrogens (tertiary/aromatic N) is 3.